The first-order chi connectivity index (χ1) is 11.5. The largest absolute Gasteiger partial charge is 0.351 e. The molecule has 2 fully saturated rings. The Labute approximate surface area is 148 Å². The van der Waals surface area contributed by atoms with E-state index >= 15 is 0 Å². The average Bonchev–Trinajstić information content (AvgIpc) is 3.45. The molecule has 5 nitrogen and oxygen atoms in total. The van der Waals surface area contributed by atoms with Gasteiger partial charge < -0.3 is 5.32 Å². The number of carbonyl (C=O) groups is 3. The SMILES string of the molecule is CC(C(=O)NC(C1CC1)C1CC1)N1C(=O)c2ccc(Br)cc2C1=O. The number of amides is 3. The molecule has 3 amide bonds. The summed E-state index contributed by atoms with van der Waals surface area (Å²) in [5.74, 6) is 0.138. The van der Waals surface area contributed by atoms with Gasteiger partial charge in [0, 0.05) is 10.5 Å². The number of nitrogens with one attached hydrogen (secondary N) is 1. The van der Waals surface area contributed by atoms with Crippen LogP contribution in [-0.2, 0) is 4.79 Å². The molecule has 0 bridgehead atoms. The lowest BCUT2D eigenvalue weighted by Gasteiger charge is -2.25. The molecule has 6 heteroatoms. The molecule has 2 aliphatic carbocycles. The van der Waals surface area contributed by atoms with Crippen LogP contribution in [0.4, 0.5) is 0 Å². The molecule has 126 valence electrons. The van der Waals surface area contributed by atoms with E-state index in [1.165, 1.54) is 0 Å². The van der Waals surface area contributed by atoms with Gasteiger partial charge in [0.25, 0.3) is 11.8 Å². The number of halogens is 1. The number of benzene rings is 1. The maximum Gasteiger partial charge on any atom is 0.262 e. The number of hydrogen-bond acceptors (Lipinski definition) is 3. The van der Waals surface area contributed by atoms with Gasteiger partial charge in [0.15, 0.2) is 0 Å². The van der Waals surface area contributed by atoms with E-state index < -0.39 is 11.9 Å². The lowest BCUT2D eigenvalue weighted by Crippen LogP contribution is -2.51. The van der Waals surface area contributed by atoms with Gasteiger partial charge in [-0.25, -0.2) is 0 Å². The molecule has 1 aliphatic heterocycles. The molecule has 3 aliphatic rings. The van der Waals surface area contributed by atoms with Crippen LogP contribution in [0.2, 0.25) is 0 Å². The van der Waals surface area contributed by atoms with Crippen molar-refractivity contribution >= 4 is 33.7 Å². The molecular formula is C18H19BrN2O3. The highest BCUT2D eigenvalue weighted by atomic mass is 79.9. The molecule has 1 atom stereocenters. The van der Waals surface area contributed by atoms with Gasteiger partial charge >= 0.3 is 0 Å². The molecule has 4 rings (SSSR count). The highest BCUT2D eigenvalue weighted by Gasteiger charge is 2.45. The second-order valence-corrected chi connectivity index (χ2v) is 7.97. The van der Waals surface area contributed by atoms with Crippen molar-refractivity contribution in [1.29, 1.82) is 0 Å². The summed E-state index contributed by atoms with van der Waals surface area (Å²) in [5.41, 5.74) is 0.721. The standard InChI is InChI=1S/C18H19BrN2O3/c1-9(16(22)20-15(10-2-3-10)11-4-5-11)21-17(23)13-7-6-12(19)8-14(13)18(21)24/h6-11,15H,2-5H2,1H3,(H,20,22). The van der Waals surface area contributed by atoms with E-state index in [2.05, 4.69) is 21.2 Å². The summed E-state index contributed by atoms with van der Waals surface area (Å²) >= 11 is 3.32. The van der Waals surface area contributed by atoms with E-state index in [4.69, 9.17) is 0 Å². The summed E-state index contributed by atoms with van der Waals surface area (Å²) in [6, 6.07) is 4.41. The number of imide groups is 1. The van der Waals surface area contributed by atoms with Gasteiger partial charge in [-0.1, -0.05) is 15.9 Å². The minimum absolute atomic E-state index is 0.212. The maximum atomic E-state index is 12.6. The Hall–Kier alpha value is -1.69. The van der Waals surface area contributed by atoms with Crippen LogP contribution in [0.1, 0.15) is 53.3 Å². The van der Waals surface area contributed by atoms with Crippen molar-refractivity contribution in [1.82, 2.24) is 10.2 Å². The van der Waals surface area contributed by atoms with Gasteiger partial charge in [0.05, 0.1) is 11.1 Å². The molecular weight excluding hydrogens is 372 g/mol. The normalized spacial score (nSPS) is 21.2. The number of nitrogens with zero attached hydrogens (tertiary/aromatic N) is 1. The summed E-state index contributed by atoms with van der Waals surface area (Å²) in [6.07, 6.45) is 4.65. The summed E-state index contributed by atoms with van der Waals surface area (Å²) < 4.78 is 0.740. The lowest BCUT2D eigenvalue weighted by atomic mass is 10.1. The fourth-order valence-corrected chi connectivity index (χ4v) is 3.88. The first-order valence-electron chi connectivity index (χ1n) is 8.45. The van der Waals surface area contributed by atoms with Crippen molar-refractivity contribution in [3.8, 4) is 0 Å². The first kappa shape index (κ1) is 15.8. The van der Waals surface area contributed by atoms with E-state index in [9.17, 15) is 14.4 Å². The van der Waals surface area contributed by atoms with E-state index in [0.29, 0.717) is 23.0 Å². The fraction of sp³-hybridized carbons (Fsp3) is 0.500. The molecule has 0 radical (unpaired) electrons. The molecule has 1 heterocycles. The average molecular weight is 391 g/mol. The van der Waals surface area contributed by atoms with Gasteiger partial charge in [0.1, 0.15) is 6.04 Å². The number of fused-ring (bicyclic) bond motifs is 1. The minimum atomic E-state index is -0.795. The third-order valence-electron chi connectivity index (χ3n) is 5.22. The Bertz CT molecular complexity index is 728. The molecule has 1 aromatic carbocycles. The predicted molar refractivity (Wildman–Crippen MR) is 91.5 cm³/mol. The Morgan fingerprint density at radius 1 is 1.12 bits per heavy atom. The third-order valence-corrected chi connectivity index (χ3v) is 5.71. The minimum Gasteiger partial charge on any atom is -0.351 e. The van der Waals surface area contributed by atoms with Gasteiger partial charge in [-0.3, -0.25) is 19.3 Å². The summed E-state index contributed by atoms with van der Waals surface area (Å²) in [4.78, 5) is 38.9. The van der Waals surface area contributed by atoms with E-state index in [1.807, 2.05) is 0 Å². The Kier molecular flexibility index (Phi) is 3.75. The highest BCUT2D eigenvalue weighted by Crippen LogP contribution is 2.44. The number of hydrogen-bond donors (Lipinski definition) is 1. The van der Waals surface area contributed by atoms with Crippen molar-refractivity contribution in [2.45, 2.75) is 44.7 Å². The predicted octanol–water partition coefficient (Wildman–Crippen LogP) is 2.74. The highest BCUT2D eigenvalue weighted by molar-refractivity contribution is 9.10. The zero-order valence-corrected chi connectivity index (χ0v) is 15.0. The van der Waals surface area contributed by atoms with E-state index in [-0.39, 0.29) is 17.9 Å². The van der Waals surface area contributed by atoms with Crippen molar-refractivity contribution in [2.24, 2.45) is 11.8 Å². The molecule has 0 spiro atoms. The lowest BCUT2D eigenvalue weighted by molar-refractivity contribution is -0.125. The molecule has 0 saturated heterocycles. The van der Waals surface area contributed by atoms with Crippen LogP contribution in [0.5, 0.6) is 0 Å². The van der Waals surface area contributed by atoms with Crippen LogP contribution in [0.25, 0.3) is 0 Å². The molecule has 1 unspecified atom stereocenters. The van der Waals surface area contributed by atoms with Crippen LogP contribution < -0.4 is 5.32 Å². The molecule has 1 aromatic rings. The van der Waals surface area contributed by atoms with Gasteiger partial charge in [-0.15, -0.1) is 0 Å². The zero-order valence-electron chi connectivity index (χ0n) is 13.4. The third kappa shape index (κ3) is 2.66. The topological polar surface area (TPSA) is 66.5 Å². The first-order valence-corrected chi connectivity index (χ1v) is 9.24. The van der Waals surface area contributed by atoms with Crippen molar-refractivity contribution in [3.63, 3.8) is 0 Å². The summed E-state index contributed by atoms with van der Waals surface area (Å²) in [5, 5.41) is 3.10. The van der Waals surface area contributed by atoms with Crippen molar-refractivity contribution < 1.29 is 14.4 Å². The number of rotatable bonds is 5. The Morgan fingerprint density at radius 3 is 2.29 bits per heavy atom. The van der Waals surface area contributed by atoms with E-state index in [0.717, 1.165) is 35.1 Å². The van der Waals surface area contributed by atoms with Gasteiger partial charge in [-0.05, 0) is 62.6 Å². The van der Waals surface area contributed by atoms with Crippen LogP contribution in [0, 0.1) is 11.8 Å². The quantitative estimate of drug-likeness (QED) is 0.785. The van der Waals surface area contributed by atoms with Crippen LogP contribution in [0.3, 0.4) is 0 Å². The second kappa shape index (κ2) is 5.69. The Balaban J connectivity index is 1.52. The van der Waals surface area contributed by atoms with Crippen molar-refractivity contribution in [3.05, 3.63) is 33.8 Å². The molecule has 0 aromatic heterocycles. The molecule has 2 saturated carbocycles. The number of carbonyl (C=O) groups excluding carboxylic acids is 3. The smallest absolute Gasteiger partial charge is 0.262 e. The monoisotopic (exact) mass is 390 g/mol. The maximum absolute atomic E-state index is 12.6. The molecule has 24 heavy (non-hydrogen) atoms. The van der Waals surface area contributed by atoms with Crippen molar-refractivity contribution in [2.75, 3.05) is 0 Å². The van der Waals surface area contributed by atoms with Gasteiger partial charge in [0.2, 0.25) is 5.91 Å². The van der Waals surface area contributed by atoms with Crippen LogP contribution >= 0.6 is 15.9 Å². The Morgan fingerprint density at radius 2 is 1.71 bits per heavy atom. The molecule has 1 N–H and O–H groups in total. The van der Waals surface area contributed by atoms with Crippen LogP contribution in [-0.4, -0.2) is 34.7 Å². The van der Waals surface area contributed by atoms with Gasteiger partial charge in [-0.2, -0.15) is 0 Å². The summed E-state index contributed by atoms with van der Waals surface area (Å²) in [6.45, 7) is 1.63. The summed E-state index contributed by atoms with van der Waals surface area (Å²) in [7, 11) is 0. The second-order valence-electron chi connectivity index (χ2n) is 7.06. The zero-order chi connectivity index (χ0) is 17.0. The fourth-order valence-electron chi connectivity index (χ4n) is 3.52. The van der Waals surface area contributed by atoms with E-state index in [1.54, 1.807) is 25.1 Å². The van der Waals surface area contributed by atoms with Crippen LogP contribution in [0.15, 0.2) is 22.7 Å².